The molecule has 0 spiro atoms. The van der Waals surface area contributed by atoms with Gasteiger partial charge in [-0.15, -0.1) is 0 Å². The smallest absolute Gasteiger partial charge is 0.151 e. The maximum Gasteiger partial charge on any atom is 0.151 e. The minimum Gasteiger partial charge on any atom is -0.265 e. The molecule has 2 aromatic carbocycles. The molecule has 0 saturated heterocycles. The number of para-hydroxylation sites is 2. The predicted octanol–water partition coefficient (Wildman–Crippen LogP) is 5.00. The van der Waals surface area contributed by atoms with Crippen LogP contribution in [0.4, 0.5) is 0 Å². The highest BCUT2D eigenvalue weighted by Crippen LogP contribution is 2.34. The Morgan fingerprint density at radius 3 is 2.25 bits per heavy atom. The summed E-state index contributed by atoms with van der Waals surface area (Å²) in [4.78, 5) is 4.81. The molecule has 3 rings (SSSR count). The standard InChI is InChI=1S/C17H18N2S/c1-17(2,3)20-19-15-12-8-7-11-14(15)18-16(19)13-9-5-4-6-10-13/h4-12H,1-3H3. The third-order valence-corrected chi connectivity index (χ3v) is 4.02. The summed E-state index contributed by atoms with van der Waals surface area (Å²) in [5, 5.41) is 0. The van der Waals surface area contributed by atoms with E-state index in [0.29, 0.717) is 0 Å². The van der Waals surface area contributed by atoms with Crippen molar-refractivity contribution in [1.82, 2.24) is 8.96 Å². The van der Waals surface area contributed by atoms with Crippen LogP contribution in [0.3, 0.4) is 0 Å². The van der Waals surface area contributed by atoms with Crippen LogP contribution in [0.1, 0.15) is 20.8 Å². The molecule has 0 N–H and O–H groups in total. The summed E-state index contributed by atoms with van der Waals surface area (Å²) in [6, 6.07) is 18.7. The molecule has 0 aliphatic carbocycles. The van der Waals surface area contributed by atoms with Gasteiger partial charge in [-0.25, -0.2) is 4.98 Å². The van der Waals surface area contributed by atoms with Crippen molar-refractivity contribution in [3.8, 4) is 11.4 Å². The van der Waals surface area contributed by atoms with Gasteiger partial charge < -0.3 is 0 Å². The average Bonchev–Trinajstić information content (AvgIpc) is 2.77. The Morgan fingerprint density at radius 2 is 1.55 bits per heavy atom. The van der Waals surface area contributed by atoms with Crippen molar-refractivity contribution >= 4 is 23.0 Å². The summed E-state index contributed by atoms with van der Waals surface area (Å²) >= 11 is 1.81. The Labute approximate surface area is 124 Å². The van der Waals surface area contributed by atoms with Gasteiger partial charge >= 0.3 is 0 Å². The molecule has 0 aliphatic heterocycles. The molecule has 0 unspecified atom stereocenters. The zero-order valence-electron chi connectivity index (χ0n) is 12.0. The highest BCUT2D eigenvalue weighted by atomic mass is 32.2. The zero-order valence-corrected chi connectivity index (χ0v) is 12.8. The second kappa shape index (κ2) is 4.98. The molecular formula is C17H18N2S. The maximum absolute atomic E-state index is 4.81. The van der Waals surface area contributed by atoms with Crippen LogP contribution in [0.15, 0.2) is 54.6 Å². The lowest BCUT2D eigenvalue weighted by Gasteiger charge is -2.20. The molecule has 0 amide bonds. The van der Waals surface area contributed by atoms with Crippen molar-refractivity contribution in [3.05, 3.63) is 54.6 Å². The first kappa shape index (κ1) is 13.3. The summed E-state index contributed by atoms with van der Waals surface area (Å²) in [6.07, 6.45) is 0. The molecule has 0 aliphatic rings. The van der Waals surface area contributed by atoms with Crippen molar-refractivity contribution in [2.45, 2.75) is 25.5 Å². The van der Waals surface area contributed by atoms with Crippen LogP contribution >= 0.6 is 11.9 Å². The highest BCUT2D eigenvalue weighted by Gasteiger charge is 2.19. The van der Waals surface area contributed by atoms with Crippen LogP contribution in [0.2, 0.25) is 0 Å². The van der Waals surface area contributed by atoms with Gasteiger partial charge in [0.25, 0.3) is 0 Å². The summed E-state index contributed by atoms with van der Waals surface area (Å²) in [7, 11) is 0. The molecule has 3 heteroatoms. The average molecular weight is 282 g/mol. The van der Waals surface area contributed by atoms with E-state index < -0.39 is 0 Å². The van der Waals surface area contributed by atoms with Gasteiger partial charge in [-0.1, -0.05) is 42.5 Å². The van der Waals surface area contributed by atoms with Crippen molar-refractivity contribution in [2.75, 3.05) is 0 Å². The largest absolute Gasteiger partial charge is 0.265 e. The van der Waals surface area contributed by atoms with Crippen LogP contribution in [-0.2, 0) is 0 Å². The lowest BCUT2D eigenvalue weighted by molar-refractivity contribution is 0.798. The van der Waals surface area contributed by atoms with Gasteiger partial charge in [0.15, 0.2) is 5.82 Å². The van der Waals surface area contributed by atoms with E-state index in [1.54, 1.807) is 0 Å². The Morgan fingerprint density at radius 1 is 0.900 bits per heavy atom. The van der Waals surface area contributed by atoms with Crippen LogP contribution in [0.5, 0.6) is 0 Å². The van der Waals surface area contributed by atoms with Crippen LogP contribution in [0.25, 0.3) is 22.4 Å². The molecule has 0 saturated carbocycles. The van der Waals surface area contributed by atoms with Crippen molar-refractivity contribution in [2.24, 2.45) is 0 Å². The molecule has 2 nitrogen and oxygen atoms in total. The minimum atomic E-state index is 0.132. The van der Waals surface area contributed by atoms with Crippen LogP contribution in [-0.4, -0.2) is 13.7 Å². The van der Waals surface area contributed by atoms with Gasteiger partial charge in [-0.3, -0.25) is 3.97 Å². The molecular weight excluding hydrogens is 264 g/mol. The van der Waals surface area contributed by atoms with Gasteiger partial charge in [0.2, 0.25) is 0 Å². The van der Waals surface area contributed by atoms with E-state index in [1.165, 1.54) is 5.52 Å². The fraction of sp³-hybridized carbons (Fsp3) is 0.235. The molecule has 1 heterocycles. The first-order valence-electron chi connectivity index (χ1n) is 6.77. The van der Waals surface area contributed by atoms with Gasteiger partial charge in [0.05, 0.1) is 11.0 Å². The number of fused-ring (bicyclic) bond motifs is 1. The van der Waals surface area contributed by atoms with Crippen LogP contribution in [0, 0.1) is 0 Å². The number of rotatable bonds is 2. The monoisotopic (exact) mass is 282 g/mol. The number of nitrogens with zero attached hydrogens (tertiary/aromatic N) is 2. The summed E-state index contributed by atoms with van der Waals surface area (Å²) < 4.78 is 2.39. The molecule has 0 atom stereocenters. The summed E-state index contributed by atoms with van der Waals surface area (Å²) in [6.45, 7) is 6.67. The topological polar surface area (TPSA) is 17.8 Å². The first-order chi connectivity index (χ1) is 9.54. The normalized spacial score (nSPS) is 11.9. The molecule has 3 aromatic rings. The van der Waals surface area contributed by atoms with Gasteiger partial charge in [-0.05, 0) is 44.9 Å². The number of imidazole rings is 1. The number of aromatic nitrogens is 2. The summed E-state index contributed by atoms with van der Waals surface area (Å²) in [5.41, 5.74) is 3.37. The minimum absolute atomic E-state index is 0.132. The Hall–Kier alpha value is -1.74. The highest BCUT2D eigenvalue weighted by molar-refractivity contribution is 7.99. The van der Waals surface area contributed by atoms with Crippen LogP contribution < -0.4 is 0 Å². The fourth-order valence-corrected chi connectivity index (χ4v) is 3.17. The second-order valence-electron chi connectivity index (χ2n) is 5.79. The van der Waals surface area contributed by atoms with Gasteiger partial charge in [0, 0.05) is 10.3 Å². The number of benzene rings is 2. The van der Waals surface area contributed by atoms with Crippen molar-refractivity contribution in [1.29, 1.82) is 0 Å². The van der Waals surface area contributed by atoms with Crippen molar-refractivity contribution < 1.29 is 0 Å². The molecule has 1 aromatic heterocycles. The predicted molar refractivity (Wildman–Crippen MR) is 87.9 cm³/mol. The van der Waals surface area contributed by atoms with E-state index in [-0.39, 0.29) is 4.75 Å². The maximum atomic E-state index is 4.81. The van der Waals surface area contributed by atoms with E-state index in [9.17, 15) is 0 Å². The number of hydrogen-bond acceptors (Lipinski definition) is 2. The molecule has 0 fully saturated rings. The Bertz CT molecular complexity index is 724. The SMILES string of the molecule is CC(C)(C)Sn1c(-c2ccccc2)nc2ccccc21. The van der Waals surface area contributed by atoms with Crippen molar-refractivity contribution in [3.63, 3.8) is 0 Å². The Kier molecular flexibility index (Phi) is 3.30. The van der Waals surface area contributed by atoms with Gasteiger partial charge in [0.1, 0.15) is 0 Å². The first-order valence-corrected chi connectivity index (χ1v) is 7.54. The number of hydrogen-bond donors (Lipinski definition) is 0. The van der Waals surface area contributed by atoms with E-state index in [0.717, 1.165) is 16.9 Å². The lowest BCUT2D eigenvalue weighted by atomic mass is 10.2. The molecule has 20 heavy (non-hydrogen) atoms. The lowest BCUT2D eigenvalue weighted by Crippen LogP contribution is -2.11. The van der Waals surface area contributed by atoms with E-state index >= 15 is 0 Å². The van der Waals surface area contributed by atoms with E-state index in [1.807, 2.05) is 24.1 Å². The van der Waals surface area contributed by atoms with E-state index in [4.69, 9.17) is 4.98 Å². The second-order valence-corrected chi connectivity index (χ2v) is 7.56. The van der Waals surface area contributed by atoms with Gasteiger partial charge in [-0.2, -0.15) is 0 Å². The third kappa shape index (κ3) is 2.59. The van der Waals surface area contributed by atoms with E-state index in [2.05, 4.69) is 67.2 Å². The fourth-order valence-electron chi connectivity index (χ4n) is 2.14. The molecule has 0 bridgehead atoms. The third-order valence-electron chi connectivity index (χ3n) is 2.92. The zero-order chi connectivity index (χ0) is 14.2. The quantitative estimate of drug-likeness (QED) is 0.658. The molecule has 102 valence electrons. The Balaban J connectivity index is 2.23. The molecule has 0 radical (unpaired) electrons. The summed E-state index contributed by atoms with van der Waals surface area (Å²) in [5.74, 6) is 1.02.